The van der Waals surface area contributed by atoms with E-state index in [1.165, 1.54) is 10.7 Å². The molecule has 0 saturated carbocycles. The van der Waals surface area contributed by atoms with Crippen molar-refractivity contribution >= 4 is 23.4 Å². The summed E-state index contributed by atoms with van der Waals surface area (Å²) in [6.45, 7) is 1.65. The van der Waals surface area contributed by atoms with E-state index in [9.17, 15) is 9.18 Å². The first-order valence-electron chi connectivity index (χ1n) is 7.24. The molecule has 0 bridgehead atoms. The maximum absolute atomic E-state index is 13.9. The summed E-state index contributed by atoms with van der Waals surface area (Å²) in [6, 6.07) is 13.0. The SMILES string of the molecule is Cc1c(C(=O)Nc2ccc(SC#N)cc2)nnn1-c1ccccc1F. The van der Waals surface area contributed by atoms with Crippen LogP contribution < -0.4 is 5.32 Å². The second-order valence-corrected chi connectivity index (χ2v) is 5.92. The monoisotopic (exact) mass is 353 g/mol. The third-order valence-electron chi connectivity index (χ3n) is 3.47. The zero-order valence-electron chi connectivity index (χ0n) is 13.1. The number of thiocyanates is 1. The van der Waals surface area contributed by atoms with Gasteiger partial charge in [0.2, 0.25) is 0 Å². The first-order valence-corrected chi connectivity index (χ1v) is 8.06. The molecule has 0 atom stereocenters. The summed E-state index contributed by atoms with van der Waals surface area (Å²) >= 11 is 1.04. The van der Waals surface area contributed by atoms with Crippen molar-refractivity contribution < 1.29 is 9.18 Å². The summed E-state index contributed by atoms with van der Waals surface area (Å²) in [5, 5.41) is 21.1. The Morgan fingerprint density at radius 2 is 1.96 bits per heavy atom. The summed E-state index contributed by atoms with van der Waals surface area (Å²) < 4.78 is 15.2. The molecule has 0 spiro atoms. The summed E-state index contributed by atoms with van der Waals surface area (Å²) in [4.78, 5) is 13.2. The number of nitrogens with one attached hydrogen (secondary N) is 1. The molecule has 1 aromatic heterocycles. The summed E-state index contributed by atoms with van der Waals surface area (Å²) in [6.07, 6.45) is 0. The largest absolute Gasteiger partial charge is 0.321 e. The quantitative estimate of drug-likeness (QED) is 0.573. The molecule has 1 heterocycles. The fourth-order valence-corrected chi connectivity index (χ4v) is 2.62. The Morgan fingerprint density at radius 1 is 1.24 bits per heavy atom. The second kappa shape index (κ2) is 7.15. The number of amides is 1. The van der Waals surface area contributed by atoms with E-state index in [1.54, 1.807) is 49.4 Å². The highest BCUT2D eigenvalue weighted by molar-refractivity contribution is 8.03. The standard InChI is InChI=1S/C17H12FN5OS/c1-11-16(21-22-23(11)15-5-3-2-4-14(15)18)17(24)20-12-6-8-13(9-7-12)25-10-19/h2-9H,1H3,(H,20,24). The fourth-order valence-electron chi connectivity index (χ4n) is 2.24. The van der Waals surface area contributed by atoms with Crippen molar-refractivity contribution in [2.24, 2.45) is 0 Å². The van der Waals surface area contributed by atoms with Crippen LogP contribution >= 0.6 is 11.8 Å². The number of aromatic nitrogens is 3. The number of carbonyl (C=O) groups is 1. The zero-order valence-corrected chi connectivity index (χ0v) is 13.9. The van der Waals surface area contributed by atoms with Gasteiger partial charge in [0.15, 0.2) is 5.69 Å². The zero-order chi connectivity index (χ0) is 17.8. The van der Waals surface area contributed by atoms with Gasteiger partial charge in [0.25, 0.3) is 5.91 Å². The van der Waals surface area contributed by atoms with Crippen molar-refractivity contribution in [2.45, 2.75) is 11.8 Å². The van der Waals surface area contributed by atoms with E-state index in [4.69, 9.17) is 5.26 Å². The molecule has 0 aliphatic rings. The molecule has 124 valence electrons. The Morgan fingerprint density at radius 3 is 2.64 bits per heavy atom. The Kier molecular flexibility index (Phi) is 4.77. The van der Waals surface area contributed by atoms with Crippen molar-refractivity contribution in [3.8, 4) is 11.1 Å². The molecule has 0 fully saturated rings. The lowest BCUT2D eigenvalue weighted by Crippen LogP contribution is -2.14. The van der Waals surface area contributed by atoms with Crippen LogP contribution in [0.2, 0.25) is 0 Å². The first-order chi connectivity index (χ1) is 12.1. The van der Waals surface area contributed by atoms with E-state index >= 15 is 0 Å². The van der Waals surface area contributed by atoms with Crippen molar-refractivity contribution in [1.82, 2.24) is 15.0 Å². The van der Waals surface area contributed by atoms with Gasteiger partial charge < -0.3 is 5.32 Å². The molecule has 1 N–H and O–H groups in total. The molecule has 0 aliphatic carbocycles. The molecule has 25 heavy (non-hydrogen) atoms. The van der Waals surface area contributed by atoms with E-state index in [0.717, 1.165) is 16.7 Å². The summed E-state index contributed by atoms with van der Waals surface area (Å²) in [7, 11) is 0. The lowest BCUT2D eigenvalue weighted by molar-refractivity contribution is 0.102. The lowest BCUT2D eigenvalue weighted by Gasteiger charge is -2.06. The van der Waals surface area contributed by atoms with Crippen molar-refractivity contribution in [3.05, 3.63) is 65.7 Å². The van der Waals surface area contributed by atoms with Crippen molar-refractivity contribution in [1.29, 1.82) is 5.26 Å². The molecule has 0 aliphatic heterocycles. The predicted molar refractivity (Wildman–Crippen MR) is 91.9 cm³/mol. The van der Waals surface area contributed by atoms with Crippen LogP contribution in [0, 0.1) is 23.4 Å². The second-order valence-electron chi connectivity index (χ2n) is 5.06. The van der Waals surface area contributed by atoms with Crippen LogP contribution in [-0.2, 0) is 0 Å². The number of thioether (sulfide) groups is 1. The topological polar surface area (TPSA) is 83.6 Å². The van der Waals surface area contributed by atoms with Gasteiger partial charge in [0.1, 0.15) is 16.9 Å². The van der Waals surface area contributed by atoms with E-state index in [-0.39, 0.29) is 11.4 Å². The van der Waals surface area contributed by atoms with E-state index in [1.807, 2.05) is 5.40 Å². The predicted octanol–water partition coefficient (Wildman–Crippen LogP) is 3.54. The van der Waals surface area contributed by atoms with Crippen LogP contribution in [0.1, 0.15) is 16.2 Å². The molecule has 0 radical (unpaired) electrons. The van der Waals surface area contributed by atoms with E-state index < -0.39 is 11.7 Å². The summed E-state index contributed by atoms with van der Waals surface area (Å²) in [5.41, 5.74) is 1.33. The molecule has 3 rings (SSSR count). The van der Waals surface area contributed by atoms with Gasteiger partial charge in [-0.1, -0.05) is 17.3 Å². The number of benzene rings is 2. The number of para-hydroxylation sites is 1. The average Bonchev–Trinajstić information content (AvgIpc) is 2.99. The van der Waals surface area contributed by atoms with Gasteiger partial charge in [0.05, 0.1) is 5.69 Å². The minimum atomic E-state index is -0.451. The number of carbonyl (C=O) groups excluding carboxylic acids is 1. The highest BCUT2D eigenvalue weighted by Crippen LogP contribution is 2.20. The molecule has 2 aromatic carbocycles. The summed E-state index contributed by atoms with van der Waals surface area (Å²) in [5.74, 6) is -0.895. The number of anilines is 1. The third-order valence-corrected chi connectivity index (χ3v) is 4.07. The van der Waals surface area contributed by atoms with Gasteiger partial charge in [-0.3, -0.25) is 4.79 Å². The van der Waals surface area contributed by atoms with Gasteiger partial charge in [-0.25, -0.2) is 9.07 Å². The molecule has 0 saturated heterocycles. The number of nitriles is 1. The molecular weight excluding hydrogens is 341 g/mol. The van der Waals surface area contributed by atoms with Crippen LogP contribution in [-0.4, -0.2) is 20.9 Å². The maximum atomic E-state index is 13.9. The molecule has 6 nitrogen and oxygen atoms in total. The highest BCUT2D eigenvalue weighted by atomic mass is 32.2. The molecular formula is C17H12FN5OS. The molecule has 3 aromatic rings. The highest BCUT2D eigenvalue weighted by Gasteiger charge is 2.18. The first kappa shape index (κ1) is 16.7. The van der Waals surface area contributed by atoms with Crippen LogP contribution in [0.25, 0.3) is 5.69 Å². The van der Waals surface area contributed by atoms with Gasteiger partial charge in [-0.05, 0) is 55.1 Å². The minimum absolute atomic E-state index is 0.110. The van der Waals surface area contributed by atoms with Gasteiger partial charge in [-0.15, -0.1) is 5.10 Å². The van der Waals surface area contributed by atoms with Crippen molar-refractivity contribution in [3.63, 3.8) is 0 Å². The minimum Gasteiger partial charge on any atom is -0.321 e. The Bertz CT molecular complexity index is 962. The van der Waals surface area contributed by atoms with Crippen molar-refractivity contribution in [2.75, 3.05) is 5.32 Å². The van der Waals surface area contributed by atoms with Gasteiger partial charge in [-0.2, -0.15) is 5.26 Å². The maximum Gasteiger partial charge on any atom is 0.278 e. The van der Waals surface area contributed by atoms with Gasteiger partial charge >= 0.3 is 0 Å². The Balaban J connectivity index is 1.82. The number of hydrogen-bond acceptors (Lipinski definition) is 5. The molecule has 0 unspecified atom stereocenters. The van der Waals surface area contributed by atoms with E-state index in [2.05, 4.69) is 15.6 Å². The van der Waals surface area contributed by atoms with Crippen LogP contribution in [0.5, 0.6) is 0 Å². The van der Waals surface area contributed by atoms with E-state index in [0.29, 0.717) is 11.4 Å². The third kappa shape index (κ3) is 3.51. The number of nitrogens with zero attached hydrogens (tertiary/aromatic N) is 4. The molecule has 1 amide bonds. The van der Waals surface area contributed by atoms with Crippen LogP contribution in [0.4, 0.5) is 10.1 Å². The smallest absolute Gasteiger partial charge is 0.278 e. The Hall–Kier alpha value is -3.18. The number of rotatable bonds is 4. The number of halogens is 1. The average molecular weight is 353 g/mol. The molecule has 8 heteroatoms. The normalized spacial score (nSPS) is 10.3. The van der Waals surface area contributed by atoms with Crippen LogP contribution in [0.15, 0.2) is 53.4 Å². The van der Waals surface area contributed by atoms with Crippen LogP contribution in [0.3, 0.4) is 0 Å². The fraction of sp³-hybridized carbons (Fsp3) is 0.0588. The van der Waals surface area contributed by atoms with Gasteiger partial charge in [0, 0.05) is 10.6 Å². The Labute approximate surface area is 147 Å². The number of hydrogen-bond donors (Lipinski definition) is 1. The lowest BCUT2D eigenvalue weighted by atomic mass is 10.2.